The van der Waals surface area contributed by atoms with Gasteiger partial charge in [-0.05, 0) is 53.6 Å². The minimum absolute atomic E-state index is 0.0527. The monoisotopic (exact) mass is 436 g/mol. The van der Waals surface area contributed by atoms with Gasteiger partial charge in [-0.25, -0.2) is 8.78 Å². The first-order chi connectivity index (χ1) is 15.6. The van der Waals surface area contributed by atoms with Crippen molar-refractivity contribution in [2.24, 2.45) is 0 Å². The molecule has 1 fully saturated rings. The van der Waals surface area contributed by atoms with Crippen LogP contribution in [0.4, 0.5) is 8.78 Å². The summed E-state index contributed by atoms with van der Waals surface area (Å²) in [5.74, 6) is 0.578. The van der Waals surface area contributed by atoms with Gasteiger partial charge in [0.1, 0.15) is 11.6 Å². The molecular formula is C25H22F2N2O3. The molecule has 0 unspecified atom stereocenters. The number of hydrogen-bond acceptors (Lipinski definition) is 4. The van der Waals surface area contributed by atoms with Gasteiger partial charge in [-0.3, -0.25) is 9.69 Å². The molecule has 0 saturated carbocycles. The molecule has 0 spiro atoms. The fourth-order valence-corrected chi connectivity index (χ4v) is 4.30. The van der Waals surface area contributed by atoms with Gasteiger partial charge in [-0.2, -0.15) is 0 Å². The first-order valence-electron chi connectivity index (χ1n) is 10.5. The number of nitrogens with zero attached hydrogens (tertiary/aromatic N) is 2. The van der Waals surface area contributed by atoms with Crippen molar-refractivity contribution in [1.29, 1.82) is 0 Å². The van der Waals surface area contributed by atoms with Gasteiger partial charge in [0.25, 0.3) is 5.91 Å². The number of fused-ring (bicyclic) bond motifs is 1. The topological polar surface area (TPSA) is 42.0 Å². The maximum absolute atomic E-state index is 13.5. The Morgan fingerprint density at radius 1 is 0.750 bits per heavy atom. The molecule has 1 amide bonds. The van der Waals surface area contributed by atoms with E-state index >= 15 is 0 Å². The van der Waals surface area contributed by atoms with E-state index in [9.17, 15) is 13.6 Å². The molecule has 3 aromatic rings. The highest BCUT2D eigenvalue weighted by Crippen LogP contribution is 2.33. The zero-order chi connectivity index (χ0) is 22.1. The lowest BCUT2D eigenvalue weighted by Gasteiger charge is -2.39. The van der Waals surface area contributed by atoms with Crippen LogP contribution in [0.3, 0.4) is 0 Å². The number of carbonyl (C=O) groups excluding carboxylic acids is 1. The zero-order valence-corrected chi connectivity index (χ0v) is 17.3. The standard InChI is InChI=1S/C25H22F2N2O3/c26-20-6-1-17(2-7-20)24(18-3-8-21(27)9-4-18)28-11-13-29(14-12-28)25(30)19-5-10-22-23(15-19)32-16-31-22/h1-10,15,24H,11-14,16H2. The van der Waals surface area contributed by atoms with E-state index in [1.165, 1.54) is 24.3 Å². The summed E-state index contributed by atoms with van der Waals surface area (Å²) in [6, 6.07) is 17.8. The molecule has 0 N–H and O–H groups in total. The van der Waals surface area contributed by atoms with Crippen LogP contribution < -0.4 is 9.47 Å². The fourth-order valence-electron chi connectivity index (χ4n) is 4.30. The molecule has 164 valence electrons. The van der Waals surface area contributed by atoms with Gasteiger partial charge in [-0.1, -0.05) is 24.3 Å². The van der Waals surface area contributed by atoms with Crippen LogP contribution >= 0.6 is 0 Å². The Hall–Kier alpha value is -3.45. The van der Waals surface area contributed by atoms with Crippen molar-refractivity contribution in [3.8, 4) is 11.5 Å². The van der Waals surface area contributed by atoms with Crippen LogP contribution in [0.2, 0.25) is 0 Å². The molecule has 32 heavy (non-hydrogen) atoms. The molecule has 5 rings (SSSR count). The van der Waals surface area contributed by atoms with E-state index in [-0.39, 0.29) is 30.4 Å². The first-order valence-corrected chi connectivity index (χ1v) is 10.5. The Kier molecular flexibility index (Phi) is 5.49. The van der Waals surface area contributed by atoms with E-state index in [1.54, 1.807) is 42.5 Å². The molecule has 0 aliphatic carbocycles. The molecule has 2 heterocycles. The Balaban J connectivity index is 1.33. The lowest BCUT2D eigenvalue weighted by molar-refractivity contribution is 0.0597. The third kappa shape index (κ3) is 4.03. The van der Waals surface area contributed by atoms with E-state index < -0.39 is 0 Å². The molecule has 1 saturated heterocycles. The Morgan fingerprint density at radius 3 is 1.91 bits per heavy atom. The largest absolute Gasteiger partial charge is 0.454 e. The Bertz CT molecular complexity index is 1070. The molecule has 2 aliphatic rings. The molecule has 0 atom stereocenters. The molecule has 7 heteroatoms. The minimum atomic E-state index is -0.300. The SMILES string of the molecule is O=C(c1ccc2c(c1)OCO2)N1CCN(C(c2ccc(F)cc2)c2ccc(F)cc2)CC1. The van der Waals surface area contributed by atoms with Gasteiger partial charge in [0, 0.05) is 31.7 Å². The average molecular weight is 436 g/mol. The van der Waals surface area contributed by atoms with Gasteiger partial charge in [0.2, 0.25) is 6.79 Å². The summed E-state index contributed by atoms with van der Waals surface area (Å²) >= 11 is 0. The molecule has 5 nitrogen and oxygen atoms in total. The normalized spacial score (nSPS) is 15.9. The number of amides is 1. The maximum Gasteiger partial charge on any atom is 0.254 e. The molecule has 0 bridgehead atoms. The van der Waals surface area contributed by atoms with E-state index in [2.05, 4.69) is 4.90 Å². The lowest BCUT2D eigenvalue weighted by atomic mass is 9.96. The predicted molar refractivity (Wildman–Crippen MR) is 115 cm³/mol. The fraction of sp³-hybridized carbons (Fsp3) is 0.240. The minimum Gasteiger partial charge on any atom is -0.454 e. The molecule has 0 aromatic heterocycles. The number of ether oxygens (including phenoxy) is 2. The van der Waals surface area contributed by atoms with E-state index in [4.69, 9.17) is 9.47 Å². The van der Waals surface area contributed by atoms with Crippen LogP contribution in [0, 0.1) is 11.6 Å². The quantitative estimate of drug-likeness (QED) is 0.614. The van der Waals surface area contributed by atoms with Gasteiger partial charge in [-0.15, -0.1) is 0 Å². The van der Waals surface area contributed by atoms with Gasteiger partial charge < -0.3 is 14.4 Å². The van der Waals surface area contributed by atoms with Crippen molar-refractivity contribution in [2.75, 3.05) is 33.0 Å². The van der Waals surface area contributed by atoms with Crippen LogP contribution in [-0.4, -0.2) is 48.7 Å². The van der Waals surface area contributed by atoms with Crippen molar-refractivity contribution in [1.82, 2.24) is 9.80 Å². The molecule has 3 aromatic carbocycles. The third-order valence-electron chi connectivity index (χ3n) is 5.96. The molecule has 0 radical (unpaired) electrons. The summed E-state index contributed by atoms with van der Waals surface area (Å²) in [6.45, 7) is 2.53. The van der Waals surface area contributed by atoms with Gasteiger partial charge >= 0.3 is 0 Å². The van der Waals surface area contributed by atoms with Gasteiger partial charge in [0.15, 0.2) is 11.5 Å². The Morgan fingerprint density at radius 2 is 1.31 bits per heavy atom. The van der Waals surface area contributed by atoms with Crippen LogP contribution in [0.1, 0.15) is 27.5 Å². The van der Waals surface area contributed by atoms with Crippen molar-refractivity contribution >= 4 is 5.91 Å². The van der Waals surface area contributed by atoms with Gasteiger partial charge in [0.05, 0.1) is 6.04 Å². The van der Waals surface area contributed by atoms with E-state index in [0.717, 1.165) is 11.1 Å². The lowest BCUT2D eigenvalue weighted by Crippen LogP contribution is -2.49. The average Bonchev–Trinajstić information content (AvgIpc) is 3.30. The maximum atomic E-state index is 13.5. The number of benzene rings is 3. The second-order valence-corrected chi connectivity index (χ2v) is 7.90. The summed E-state index contributed by atoms with van der Waals surface area (Å²) in [7, 11) is 0. The van der Waals surface area contributed by atoms with Crippen molar-refractivity contribution in [3.63, 3.8) is 0 Å². The summed E-state index contributed by atoms with van der Waals surface area (Å²) in [5.41, 5.74) is 2.42. The summed E-state index contributed by atoms with van der Waals surface area (Å²) < 4.78 is 37.7. The van der Waals surface area contributed by atoms with Crippen LogP contribution in [0.15, 0.2) is 66.7 Å². The number of hydrogen-bond donors (Lipinski definition) is 0. The van der Waals surface area contributed by atoms with Crippen molar-refractivity contribution in [2.45, 2.75) is 6.04 Å². The summed E-state index contributed by atoms with van der Waals surface area (Å²) in [4.78, 5) is 17.1. The van der Waals surface area contributed by atoms with Crippen LogP contribution in [-0.2, 0) is 0 Å². The number of rotatable bonds is 4. The highest BCUT2D eigenvalue weighted by Gasteiger charge is 2.29. The predicted octanol–water partition coefficient (Wildman–Crippen LogP) is 4.24. The molecule has 2 aliphatic heterocycles. The third-order valence-corrected chi connectivity index (χ3v) is 5.96. The van der Waals surface area contributed by atoms with Crippen LogP contribution in [0.25, 0.3) is 0 Å². The first kappa shape index (κ1) is 20.5. The zero-order valence-electron chi connectivity index (χ0n) is 17.3. The second-order valence-electron chi connectivity index (χ2n) is 7.90. The highest BCUT2D eigenvalue weighted by molar-refractivity contribution is 5.95. The summed E-state index contributed by atoms with van der Waals surface area (Å²) in [6.07, 6.45) is 0. The van der Waals surface area contributed by atoms with E-state index in [0.29, 0.717) is 43.2 Å². The number of halogens is 2. The van der Waals surface area contributed by atoms with Crippen molar-refractivity contribution < 1.29 is 23.0 Å². The van der Waals surface area contributed by atoms with Crippen molar-refractivity contribution in [3.05, 3.63) is 95.1 Å². The Labute approximate surface area is 184 Å². The molecular weight excluding hydrogens is 414 g/mol. The number of carbonyl (C=O) groups is 1. The van der Waals surface area contributed by atoms with E-state index in [1.807, 2.05) is 4.90 Å². The number of piperazine rings is 1. The summed E-state index contributed by atoms with van der Waals surface area (Å²) in [5, 5.41) is 0. The highest BCUT2D eigenvalue weighted by atomic mass is 19.1. The second kappa shape index (κ2) is 8.59. The van der Waals surface area contributed by atoms with Crippen LogP contribution in [0.5, 0.6) is 11.5 Å². The smallest absolute Gasteiger partial charge is 0.254 e.